The Kier molecular flexibility index (Phi) is 0.867. The molecular weight excluding hydrogens is 96.0 g/mol. The molecular formula is C3H6N2O2. The van der Waals surface area contributed by atoms with Gasteiger partial charge in [0, 0.05) is 0 Å². The minimum absolute atomic E-state index is 0.291. The molecule has 40 valence electrons. The summed E-state index contributed by atoms with van der Waals surface area (Å²) in [6.07, 6.45) is -0.722. The zero-order valence-corrected chi connectivity index (χ0v) is 3.68. The number of alkyl carbamates (subject to hydrolysis) is 1. The van der Waals surface area contributed by atoms with Crippen LogP contribution in [0, 0.1) is 0 Å². The van der Waals surface area contributed by atoms with E-state index in [1.54, 1.807) is 0 Å². The molecule has 1 atom stereocenters. The first-order valence-electron chi connectivity index (χ1n) is 1.98. The fourth-order valence-electron chi connectivity index (χ4n) is 0.400. The van der Waals surface area contributed by atoms with E-state index in [0.29, 0.717) is 6.61 Å². The smallest absolute Gasteiger partial charge is 0.408 e. The predicted molar refractivity (Wildman–Crippen MR) is 22.5 cm³/mol. The van der Waals surface area contributed by atoms with Gasteiger partial charge in [0.05, 0.1) is 0 Å². The number of cyclic esters (lactones) is 1. The van der Waals surface area contributed by atoms with Gasteiger partial charge in [-0.1, -0.05) is 0 Å². The average Bonchev–Trinajstić information content (AvgIpc) is 1.87. The number of carbonyl (C=O) groups excluding carboxylic acids is 1. The maximum atomic E-state index is 10.0. The second-order valence-electron chi connectivity index (χ2n) is 1.35. The molecule has 3 N–H and O–H groups in total. The van der Waals surface area contributed by atoms with Crippen molar-refractivity contribution in [3.63, 3.8) is 0 Å². The first-order valence-corrected chi connectivity index (χ1v) is 1.98. The van der Waals surface area contributed by atoms with Crippen LogP contribution in [0.25, 0.3) is 0 Å². The summed E-state index contributed by atoms with van der Waals surface area (Å²) in [4.78, 5) is 10.0. The van der Waals surface area contributed by atoms with E-state index >= 15 is 0 Å². The molecule has 0 saturated carbocycles. The zero-order valence-electron chi connectivity index (χ0n) is 3.68. The Morgan fingerprint density at radius 1 is 2.00 bits per heavy atom. The Morgan fingerprint density at radius 3 is 2.86 bits per heavy atom. The number of rotatable bonds is 0. The van der Waals surface area contributed by atoms with Crippen LogP contribution in [0.2, 0.25) is 0 Å². The molecule has 0 unspecified atom stereocenters. The van der Waals surface area contributed by atoms with Crippen molar-refractivity contribution in [1.82, 2.24) is 5.32 Å². The summed E-state index contributed by atoms with van der Waals surface area (Å²) >= 11 is 0. The number of ether oxygens (including phenoxy) is 1. The largest absolute Gasteiger partial charge is 0.446 e. The highest BCUT2D eigenvalue weighted by Crippen LogP contribution is 1.88. The molecule has 0 bridgehead atoms. The van der Waals surface area contributed by atoms with Crippen LogP contribution >= 0.6 is 0 Å². The number of amides is 1. The number of nitrogens with two attached hydrogens (primary N) is 1. The zero-order chi connectivity index (χ0) is 5.28. The van der Waals surface area contributed by atoms with Crippen LogP contribution in [0.1, 0.15) is 0 Å². The standard InChI is InChI=1S/C3H6N2O2/c4-2-1-7-3(6)5-2/h2H,1,4H2,(H,5,6)/t2-/m0/s1. The van der Waals surface area contributed by atoms with Gasteiger partial charge in [0.2, 0.25) is 0 Å². The van der Waals surface area contributed by atoms with Gasteiger partial charge in [-0.3, -0.25) is 0 Å². The Hall–Kier alpha value is -0.770. The topological polar surface area (TPSA) is 64.3 Å². The third kappa shape index (κ3) is 0.806. The molecule has 1 aliphatic rings. The minimum atomic E-state index is -0.424. The summed E-state index contributed by atoms with van der Waals surface area (Å²) in [7, 11) is 0. The van der Waals surface area contributed by atoms with Crippen molar-refractivity contribution in [3.8, 4) is 0 Å². The lowest BCUT2D eigenvalue weighted by Crippen LogP contribution is -2.34. The Morgan fingerprint density at radius 2 is 2.71 bits per heavy atom. The van der Waals surface area contributed by atoms with E-state index in [0.717, 1.165) is 0 Å². The number of carbonyl (C=O) groups is 1. The molecule has 0 aliphatic carbocycles. The fraction of sp³-hybridized carbons (Fsp3) is 0.667. The van der Waals surface area contributed by atoms with Crippen molar-refractivity contribution in [3.05, 3.63) is 0 Å². The van der Waals surface area contributed by atoms with Crippen LogP contribution in [0.3, 0.4) is 0 Å². The van der Waals surface area contributed by atoms with Crippen LogP contribution in [-0.2, 0) is 4.74 Å². The second-order valence-corrected chi connectivity index (χ2v) is 1.35. The summed E-state index contributed by atoms with van der Waals surface area (Å²) in [5, 5.41) is 2.33. The Bertz CT molecular complexity index is 92.9. The van der Waals surface area contributed by atoms with Crippen molar-refractivity contribution in [2.75, 3.05) is 6.61 Å². The summed E-state index contributed by atoms with van der Waals surface area (Å²) in [6, 6.07) is 0. The van der Waals surface area contributed by atoms with Gasteiger partial charge in [0.1, 0.15) is 12.8 Å². The van der Waals surface area contributed by atoms with Gasteiger partial charge < -0.3 is 15.8 Å². The molecule has 0 radical (unpaired) electrons. The SMILES string of the molecule is N[C@@H]1COC(=O)N1. The molecule has 1 fully saturated rings. The highest BCUT2D eigenvalue weighted by Gasteiger charge is 2.16. The summed E-state index contributed by atoms with van der Waals surface area (Å²) in [6.45, 7) is 0.291. The fourth-order valence-corrected chi connectivity index (χ4v) is 0.400. The molecule has 1 heterocycles. The first-order chi connectivity index (χ1) is 3.29. The van der Waals surface area contributed by atoms with Crippen molar-refractivity contribution >= 4 is 6.09 Å². The van der Waals surface area contributed by atoms with E-state index in [1.807, 2.05) is 0 Å². The second kappa shape index (κ2) is 1.38. The lowest BCUT2D eigenvalue weighted by molar-refractivity contribution is 0.177. The monoisotopic (exact) mass is 102 g/mol. The van der Waals surface area contributed by atoms with E-state index in [9.17, 15) is 4.79 Å². The Balaban J connectivity index is 2.40. The summed E-state index contributed by atoms with van der Waals surface area (Å²) in [5.41, 5.74) is 5.17. The molecule has 4 nitrogen and oxygen atoms in total. The van der Waals surface area contributed by atoms with Crippen molar-refractivity contribution < 1.29 is 9.53 Å². The van der Waals surface area contributed by atoms with Crippen molar-refractivity contribution in [1.29, 1.82) is 0 Å². The molecule has 1 aliphatic heterocycles. The van der Waals surface area contributed by atoms with E-state index < -0.39 is 6.09 Å². The molecule has 4 heteroatoms. The predicted octanol–water partition coefficient (Wildman–Crippen LogP) is -0.989. The lowest BCUT2D eigenvalue weighted by Gasteiger charge is -1.91. The van der Waals surface area contributed by atoms with E-state index in [2.05, 4.69) is 10.1 Å². The third-order valence-corrected chi connectivity index (χ3v) is 0.697. The molecule has 7 heavy (non-hydrogen) atoms. The van der Waals surface area contributed by atoms with Gasteiger partial charge in [0.25, 0.3) is 0 Å². The van der Waals surface area contributed by atoms with Gasteiger partial charge in [-0.05, 0) is 0 Å². The molecule has 0 spiro atoms. The lowest BCUT2D eigenvalue weighted by atomic mass is 10.6. The van der Waals surface area contributed by atoms with Crippen LogP contribution in [-0.4, -0.2) is 18.9 Å². The average molecular weight is 102 g/mol. The molecule has 1 amide bonds. The normalized spacial score (nSPS) is 29.3. The first kappa shape index (κ1) is 4.39. The Labute approximate surface area is 40.6 Å². The van der Waals surface area contributed by atoms with E-state index in [4.69, 9.17) is 5.73 Å². The summed E-state index contributed by atoms with van der Waals surface area (Å²) < 4.78 is 4.39. The van der Waals surface area contributed by atoms with Gasteiger partial charge in [0.15, 0.2) is 0 Å². The molecule has 0 aromatic rings. The van der Waals surface area contributed by atoms with Crippen LogP contribution in [0.15, 0.2) is 0 Å². The molecule has 0 aromatic carbocycles. The van der Waals surface area contributed by atoms with Gasteiger partial charge >= 0.3 is 6.09 Å². The van der Waals surface area contributed by atoms with Crippen LogP contribution in [0.5, 0.6) is 0 Å². The van der Waals surface area contributed by atoms with Gasteiger partial charge in [-0.15, -0.1) is 0 Å². The van der Waals surface area contributed by atoms with Crippen molar-refractivity contribution in [2.45, 2.75) is 6.17 Å². The highest BCUT2D eigenvalue weighted by molar-refractivity contribution is 5.69. The summed E-state index contributed by atoms with van der Waals surface area (Å²) in [5.74, 6) is 0. The van der Waals surface area contributed by atoms with Gasteiger partial charge in [-0.2, -0.15) is 0 Å². The number of hydrogen-bond donors (Lipinski definition) is 2. The third-order valence-electron chi connectivity index (χ3n) is 0.697. The maximum absolute atomic E-state index is 10.0. The van der Waals surface area contributed by atoms with Crippen molar-refractivity contribution in [2.24, 2.45) is 5.73 Å². The van der Waals surface area contributed by atoms with Gasteiger partial charge in [-0.25, -0.2) is 4.79 Å². The number of hydrogen-bond acceptors (Lipinski definition) is 3. The van der Waals surface area contributed by atoms with E-state index in [1.165, 1.54) is 0 Å². The molecule has 1 rings (SSSR count). The minimum Gasteiger partial charge on any atom is -0.446 e. The molecule has 1 saturated heterocycles. The number of nitrogens with one attached hydrogen (secondary N) is 1. The quantitative estimate of drug-likeness (QED) is 0.412. The molecule has 0 aromatic heterocycles. The van der Waals surface area contributed by atoms with E-state index in [-0.39, 0.29) is 6.17 Å². The maximum Gasteiger partial charge on any atom is 0.408 e. The van der Waals surface area contributed by atoms with Crippen LogP contribution in [0.4, 0.5) is 4.79 Å². The van der Waals surface area contributed by atoms with Crippen LogP contribution < -0.4 is 11.1 Å². The highest BCUT2D eigenvalue weighted by atomic mass is 16.6.